The Morgan fingerprint density at radius 3 is 2.62 bits per heavy atom. The molecule has 21 heavy (non-hydrogen) atoms. The number of benzene rings is 2. The number of halogens is 1. The van der Waals surface area contributed by atoms with Crippen molar-refractivity contribution in [1.82, 2.24) is 0 Å². The van der Waals surface area contributed by atoms with E-state index in [9.17, 15) is 4.79 Å². The minimum absolute atomic E-state index is 0.0692. The Kier molecular flexibility index (Phi) is 6.33. The molecule has 0 aliphatic heterocycles. The van der Waals surface area contributed by atoms with Crippen molar-refractivity contribution in [2.75, 3.05) is 16.9 Å². The molecular weight excluding hydrogens is 346 g/mol. The number of nitrogens with one attached hydrogen (secondary N) is 1. The highest BCUT2D eigenvalue weighted by atomic mass is 79.9. The van der Waals surface area contributed by atoms with Crippen molar-refractivity contribution in [1.29, 1.82) is 0 Å². The second kappa shape index (κ2) is 8.25. The average molecular weight is 364 g/mol. The van der Waals surface area contributed by atoms with Crippen LogP contribution in [0.5, 0.6) is 0 Å². The molecule has 1 amide bonds. The number of anilines is 1. The van der Waals surface area contributed by atoms with Gasteiger partial charge in [-0.25, -0.2) is 0 Å². The molecule has 0 saturated carbocycles. The zero-order valence-electron chi connectivity index (χ0n) is 11.9. The standard InChI is InChI=1S/C17H18BrNOS/c1-21-16-9-7-14(8-10-16)17(20)19-15-6-2-4-13(12-15)5-3-11-18/h2,4,6-10,12H,3,5,11H2,1H3,(H,19,20). The van der Waals surface area contributed by atoms with Crippen LogP contribution in [0.15, 0.2) is 53.4 Å². The number of carbonyl (C=O) groups is 1. The predicted octanol–water partition coefficient (Wildman–Crippen LogP) is 4.99. The summed E-state index contributed by atoms with van der Waals surface area (Å²) >= 11 is 5.10. The van der Waals surface area contributed by atoms with E-state index in [1.54, 1.807) is 11.8 Å². The SMILES string of the molecule is CSc1ccc(C(=O)Nc2cccc(CCCBr)c2)cc1. The number of amides is 1. The molecule has 0 spiro atoms. The maximum Gasteiger partial charge on any atom is 0.255 e. The normalized spacial score (nSPS) is 10.4. The minimum atomic E-state index is -0.0692. The summed E-state index contributed by atoms with van der Waals surface area (Å²) in [7, 11) is 0. The Morgan fingerprint density at radius 1 is 1.19 bits per heavy atom. The zero-order valence-corrected chi connectivity index (χ0v) is 14.3. The minimum Gasteiger partial charge on any atom is -0.322 e. The van der Waals surface area contributed by atoms with E-state index in [1.165, 1.54) is 5.56 Å². The van der Waals surface area contributed by atoms with E-state index >= 15 is 0 Å². The summed E-state index contributed by atoms with van der Waals surface area (Å²) in [4.78, 5) is 13.4. The van der Waals surface area contributed by atoms with Crippen molar-refractivity contribution >= 4 is 39.3 Å². The molecule has 2 aromatic carbocycles. The lowest BCUT2D eigenvalue weighted by atomic mass is 10.1. The van der Waals surface area contributed by atoms with Gasteiger partial charge in [-0.15, -0.1) is 11.8 Å². The molecule has 1 N–H and O–H groups in total. The molecule has 110 valence electrons. The van der Waals surface area contributed by atoms with Crippen LogP contribution < -0.4 is 5.32 Å². The summed E-state index contributed by atoms with van der Waals surface area (Å²) in [6.07, 6.45) is 4.12. The van der Waals surface area contributed by atoms with Crippen LogP contribution in [0.2, 0.25) is 0 Å². The molecule has 2 nitrogen and oxygen atoms in total. The third-order valence-electron chi connectivity index (χ3n) is 3.14. The van der Waals surface area contributed by atoms with Gasteiger partial charge in [0.15, 0.2) is 0 Å². The fourth-order valence-corrected chi connectivity index (χ4v) is 2.71. The Labute approximate surface area is 138 Å². The van der Waals surface area contributed by atoms with E-state index in [2.05, 4.69) is 27.3 Å². The van der Waals surface area contributed by atoms with Crippen LogP contribution in [-0.4, -0.2) is 17.5 Å². The van der Waals surface area contributed by atoms with E-state index in [4.69, 9.17) is 0 Å². The van der Waals surface area contributed by atoms with Gasteiger partial charge in [0.1, 0.15) is 0 Å². The van der Waals surface area contributed by atoms with Crippen LogP contribution in [0, 0.1) is 0 Å². The first-order valence-electron chi connectivity index (χ1n) is 6.83. The molecule has 0 atom stereocenters. The first kappa shape index (κ1) is 16.1. The lowest BCUT2D eigenvalue weighted by molar-refractivity contribution is 0.102. The van der Waals surface area contributed by atoms with Crippen molar-refractivity contribution in [3.8, 4) is 0 Å². The molecule has 0 unspecified atom stereocenters. The topological polar surface area (TPSA) is 29.1 Å². The van der Waals surface area contributed by atoms with Crippen LogP contribution in [0.1, 0.15) is 22.3 Å². The Hall–Kier alpha value is -1.26. The second-order valence-electron chi connectivity index (χ2n) is 4.68. The predicted molar refractivity (Wildman–Crippen MR) is 94.7 cm³/mol. The molecular formula is C17H18BrNOS. The third-order valence-corrected chi connectivity index (χ3v) is 4.44. The number of thioether (sulfide) groups is 1. The number of hydrogen-bond acceptors (Lipinski definition) is 2. The highest BCUT2D eigenvalue weighted by molar-refractivity contribution is 9.09. The first-order chi connectivity index (χ1) is 10.2. The largest absolute Gasteiger partial charge is 0.322 e. The number of carbonyl (C=O) groups excluding carboxylic acids is 1. The van der Waals surface area contributed by atoms with Crippen LogP contribution >= 0.6 is 27.7 Å². The van der Waals surface area contributed by atoms with E-state index in [0.29, 0.717) is 5.56 Å². The summed E-state index contributed by atoms with van der Waals surface area (Å²) in [6.45, 7) is 0. The monoisotopic (exact) mass is 363 g/mol. The lowest BCUT2D eigenvalue weighted by Crippen LogP contribution is -2.11. The summed E-state index contributed by atoms with van der Waals surface area (Å²) in [5.74, 6) is -0.0692. The molecule has 0 fully saturated rings. The summed E-state index contributed by atoms with van der Waals surface area (Å²) in [5.41, 5.74) is 2.77. The van der Waals surface area contributed by atoms with Gasteiger partial charge in [-0.05, 0) is 61.1 Å². The Morgan fingerprint density at radius 2 is 1.95 bits per heavy atom. The van der Waals surface area contributed by atoms with Crippen LogP contribution in [0.4, 0.5) is 5.69 Å². The third kappa shape index (κ3) is 4.90. The maximum absolute atomic E-state index is 12.2. The second-order valence-corrected chi connectivity index (χ2v) is 6.35. The average Bonchev–Trinajstić information content (AvgIpc) is 2.53. The molecule has 0 aromatic heterocycles. The van der Waals surface area contributed by atoms with Gasteiger partial charge in [0.25, 0.3) is 5.91 Å². The van der Waals surface area contributed by atoms with Gasteiger partial charge >= 0.3 is 0 Å². The number of aryl methyl sites for hydroxylation is 1. The first-order valence-corrected chi connectivity index (χ1v) is 9.18. The van der Waals surface area contributed by atoms with Crippen molar-refractivity contribution in [2.45, 2.75) is 17.7 Å². The number of hydrogen-bond donors (Lipinski definition) is 1. The lowest BCUT2D eigenvalue weighted by Gasteiger charge is -2.08. The van der Waals surface area contributed by atoms with Crippen LogP contribution in [0.25, 0.3) is 0 Å². The summed E-state index contributed by atoms with van der Waals surface area (Å²) in [6, 6.07) is 15.7. The van der Waals surface area contributed by atoms with Gasteiger partial charge in [-0.1, -0.05) is 28.1 Å². The zero-order chi connectivity index (χ0) is 15.1. The van der Waals surface area contributed by atoms with E-state index < -0.39 is 0 Å². The van der Waals surface area contributed by atoms with Gasteiger partial charge in [-0.3, -0.25) is 4.79 Å². The Balaban J connectivity index is 2.04. The molecule has 2 aromatic rings. The van der Waals surface area contributed by atoms with Crippen molar-refractivity contribution < 1.29 is 4.79 Å². The van der Waals surface area contributed by atoms with Gasteiger partial charge in [0.05, 0.1) is 0 Å². The van der Waals surface area contributed by atoms with Gasteiger partial charge < -0.3 is 5.32 Å². The van der Waals surface area contributed by atoms with Crippen LogP contribution in [0.3, 0.4) is 0 Å². The van der Waals surface area contributed by atoms with Gasteiger partial charge in [0.2, 0.25) is 0 Å². The van der Waals surface area contributed by atoms with Gasteiger partial charge in [-0.2, -0.15) is 0 Å². The fourth-order valence-electron chi connectivity index (χ4n) is 2.02. The molecule has 2 rings (SSSR count). The molecule has 0 radical (unpaired) electrons. The van der Waals surface area contributed by atoms with Crippen molar-refractivity contribution in [3.05, 3.63) is 59.7 Å². The Bertz CT molecular complexity index is 598. The highest BCUT2D eigenvalue weighted by Gasteiger charge is 2.06. The smallest absolute Gasteiger partial charge is 0.255 e. The number of rotatable bonds is 6. The molecule has 0 bridgehead atoms. The van der Waals surface area contributed by atoms with Crippen molar-refractivity contribution in [3.63, 3.8) is 0 Å². The van der Waals surface area contributed by atoms with Crippen molar-refractivity contribution in [2.24, 2.45) is 0 Å². The van der Waals surface area contributed by atoms with E-state index in [1.807, 2.05) is 48.7 Å². The molecule has 0 aliphatic rings. The molecule has 0 heterocycles. The maximum atomic E-state index is 12.2. The quantitative estimate of drug-likeness (QED) is 0.578. The summed E-state index contributed by atoms with van der Waals surface area (Å²) in [5, 5.41) is 3.95. The molecule has 0 aliphatic carbocycles. The molecule has 4 heteroatoms. The van der Waals surface area contributed by atoms with Gasteiger partial charge in [0, 0.05) is 21.5 Å². The highest BCUT2D eigenvalue weighted by Crippen LogP contribution is 2.17. The summed E-state index contributed by atoms with van der Waals surface area (Å²) < 4.78 is 0. The number of alkyl halides is 1. The van der Waals surface area contributed by atoms with E-state index in [-0.39, 0.29) is 5.91 Å². The van der Waals surface area contributed by atoms with E-state index in [0.717, 1.165) is 28.8 Å². The van der Waals surface area contributed by atoms with Crippen LogP contribution in [-0.2, 0) is 6.42 Å². The fraction of sp³-hybridized carbons (Fsp3) is 0.235. The molecule has 0 saturated heterocycles.